The molecule has 0 radical (unpaired) electrons. The summed E-state index contributed by atoms with van der Waals surface area (Å²) in [5.74, 6) is 0.115. The van der Waals surface area contributed by atoms with Gasteiger partial charge in [0.1, 0.15) is 5.75 Å². The normalized spacial score (nSPS) is 10.6. The Balaban J connectivity index is 1.45. The zero-order chi connectivity index (χ0) is 28.5. The number of hydrogen-bond donors (Lipinski definition) is 2. The first kappa shape index (κ1) is 28.7. The molecular formula is C28H26ClN5O5S. The molecule has 2 amide bonds. The van der Waals surface area contributed by atoms with Gasteiger partial charge in [-0.2, -0.15) is 0 Å². The SMILES string of the molecule is CCOC(=O)c1ccc(NC(=O)CSc2nnc(CNC(=O)c3ccc(OC)cc3)n2-c2ccccc2Cl)cc1. The fraction of sp³-hybridized carbons (Fsp3) is 0.179. The quantitative estimate of drug-likeness (QED) is 0.192. The lowest BCUT2D eigenvalue weighted by atomic mass is 10.2. The van der Waals surface area contributed by atoms with Gasteiger partial charge in [0.25, 0.3) is 5.91 Å². The Kier molecular flexibility index (Phi) is 9.76. The molecule has 0 aliphatic heterocycles. The summed E-state index contributed by atoms with van der Waals surface area (Å²) in [6, 6.07) is 20.3. The third kappa shape index (κ3) is 7.19. The molecular weight excluding hydrogens is 554 g/mol. The Morgan fingerprint density at radius 1 is 0.950 bits per heavy atom. The molecule has 1 aromatic heterocycles. The van der Waals surface area contributed by atoms with Crippen LogP contribution in [0.3, 0.4) is 0 Å². The van der Waals surface area contributed by atoms with Crippen LogP contribution >= 0.6 is 23.4 Å². The van der Waals surface area contributed by atoms with Crippen LogP contribution in [0.15, 0.2) is 78.0 Å². The molecule has 4 aromatic rings. The zero-order valence-electron chi connectivity index (χ0n) is 21.7. The summed E-state index contributed by atoms with van der Waals surface area (Å²) in [6.45, 7) is 2.09. The summed E-state index contributed by atoms with van der Waals surface area (Å²) in [5, 5.41) is 15.0. The Hall–Kier alpha value is -4.35. The van der Waals surface area contributed by atoms with E-state index < -0.39 is 5.97 Å². The van der Waals surface area contributed by atoms with Crippen LogP contribution in [0.5, 0.6) is 5.75 Å². The summed E-state index contributed by atoms with van der Waals surface area (Å²) in [4.78, 5) is 37.2. The number of nitrogens with zero attached hydrogens (tertiary/aromatic N) is 3. The lowest BCUT2D eigenvalue weighted by Crippen LogP contribution is -2.24. The monoisotopic (exact) mass is 579 g/mol. The van der Waals surface area contributed by atoms with Crippen molar-refractivity contribution in [2.24, 2.45) is 0 Å². The molecule has 1 heterocycles. The van der Waals surface area contributed by atoms with Crippen molar-refractivity contribution in [3.63, 3.8) is 0 Å². The second-order valence-corrected chi connectivity index (χ2v) is 9.58. The average molecular weight is 580 g/mol. The van der Waals surface area contributed by atoms with Gasteiger partial charge < -0.3 is 20.1 Å². The van der Waals surface area contributed by atoms with Crippen molar-refractivity contribution in [2.75, 3.05) is 24.8 Å². The molecule has 0 unspecified atom stereocenters. The Morgan fingerprint density at radius 2 is 1.65 bits per heavy atom. The van der Waals surface area contributed by atoms with Crippen molar-refractivity contribution in [1.29, 1.82) is 0 Å². The largest absolute Gasteiger partial charge is 0.497 e. The molecule has 40 heavy (non-hydrogen) atoms. The third-order valence-electron chi connectivity index (χ3n) is 5.57. The van der Waals surface area contributed by atoms with E-state index >= 15 is 0 Å². The van der Waals surface area contributed by atoms with Crippen LogP contribution in [0.1, 0.15) is 33.5 Å². The number of para-hydroxylation sites is 1. The van der Waals surface area contributed by atoms with Gasteiger partial charge in [0.05, 0.1) is 42.3 Å². The zero-order valence-corrected chi connectivity index (χ0v) is 23.3. The van der Waals surface area contributed by atoms with Gasteiger partial charge in [0.2, 0.25) is 5.91 Å². The van der Waals surface area contributed by atoms with E-state index in [1.807, 2.05) is 6.07 Å². The van der Waals surface area contributed by atoms with Gasteiger partial charge in [-0.1, -0.05) is 35.5 Å². The number of amides is 2. The van der Waals surface area contributed by atoms with Crippen LogP contribution in [-0.2, 0) is 16.1 Å². The summed E-state index contributed by atoms with van der Waals surface area (Å²) >= 11 is 7.64. The van der Waals surface area contributed by atoms with Crippen molar-refractivity contribution >= 4 is 46.8 Å². The molecule has 10 nitrogen and oxygen atoms in total. The molecule has 0 spiro atoms. The van der Waals surface area contributed by atoms with Gasteiger partial charge in [0.15, 0.2) is 11.0 Å². The van der Waals surface area contributed by atoms with E-state index in [4.69, 9.17) is 21.1 Å². The van der Waals surface area contributed by atoms with E-state index in [0.717, 1.165) is 0 Å². The predicted molar refractivity (Wildman–Crippen MR) is 152 cm³/mol. The van der Waals surface area contributed by atoms with Crippen molar-refractivity contribution in [3.8, 4) is 11.4 Å². The number of carbonyl (C=O) groups excluding carboxylic acids is 3. The number of nitrogens with one attached hydrogen (secondary N) is 2. The van der Waals surface area contributed by atoms with Crippen molar-refractivity contribution in [3.05, 3.63) is 94.8 Å². The average Bonchev–Trinajstić information content (AvgIpc) is 3.38. The van der Waals surface area contributed by atoms with Gasteiger partial charge in [-0.25, -0.2) is 4.79 Å². The number of thioether (sulfide) groups is 1. The second kappa shape index (κ2) is 13.6. The Labute approximate surface area is 240 Å². The van der Waals surface area contributed by atoms with Crippen LogP contribution in [0.2, 0.25) is 5.02 Å². The van der Waals surface area contributed by atoms with Crippen LogP contribution in [0, 0.1) is 0 Å². The molecule has 0 saturated heterocycles. The van der Waals surface area contributed by atoms with Crippen LogP contribution in [-0.4, -0.2) is 52.0 Å². The first-order valence-corrected chi connectivity index (χ1v) is 13.6. The maximum atomic E-state index is 12.7. The topological polar surface area (TPSA) is 124 Å². The number of hydrogen-bond acceptors (Lipinski definition) is 8. The van der Waals surface area contributed by atoms with Gasteiger partial charge in [0, 0.05) is 11.3 Å². The number of rotatable bonds is 11. The molecule has 206 valence electrons. The molecule has 0 aliphatic rings. The van der Waals surface area contributed by atoms with Gasteiger partial charge in [-0.3, -0.25) is 14.2 Å². The molecule has 0 saturated carbocycles. The number of carbonyl (C=O) groups is 3. The molecule has 4 rings (SSSR count). The smallest absolute Gasteiger partial charge is 0.338 e. The maximum Gasteiger partial charge on any atom is 0.338 e. The minimum absolute atomic E-state index is 0.0282. The molecule has 2 N–H and O–H groups in total. The highest BCUT2D eigenvalue weighted by atomic mass is 35.5. The minimum atomic E-state index is -0.425. The Morgan fingerprint density at radius 3 is 2.33 bits per heavy atom. The lowest BCUT2D eigenvalue weighted by Gasteiger charge is -2.12. The van der Waals surface area contributed by atoms with E-state index in [9.17, 15) is 14.4 Å². The second-order valence-electron chi connectivity index (χ2n) is 8.23. The molecule has 0 atom stereocenters. The fourth-order valence-corrected chi connectivity index (χ4v) is 4.60. The maximum absolute atomic E-state index is 12.7. The summed E-state index contributed by atoms with van der Waals surface area (Å²) in [5.41, 5.74) is 2.01. The third-order valence-corrected chi connectivity index (χ3v) is 6.81. The standard InChI is InChI=1S/C28H26ClN5O5S/c1-3-39-27(37)19-8-12-20(13-9-19)31-25(35)17-40-28-33-32-24(34(28)23-7-5-4-6-22(23)29)16-30-26(36)18-10-14-21(38-2)15-11-18/h4-15H,3,16-17H2,1-2H3,(H,30,36)(H,31,35). The van der Waals surface area contributed by atoms with E-state index in [2.05, 4.69) is 20.8 Å². The van der Waals surface area contributed by atoms with Crippen molar-refractivity contribution in [1.82, 2.24) is 20.1 Å². The highest BCUT2D eigenvalue weighted by molar-refractivity contribution is 7.99. The van der Waals surface area contributed by atoms with Crippen LogP contribution < -0.4 is 15.4 Å². The molecule has 3 aromatic carbocycles. The number of ether oxygens (including phenoxy) is 2. The lowest BCUT2D eigenvalue weighted by molar-refractivity contribution is -0.113. The number of methoxy groups -OCH3 is 1. The number of halogens is 1. The van der Waals surface area contributed by atoms with Gasteiger partial charge in [-0.15, -0.1) is 10.2 Å². The highest BCUT2D eigenvalue weighted by Gasteiger charge is 2.19. The molecule has 12 heteroatoms. The highest BCUT2D eigenvalue weighted by Crippen LogP contribution is 2.27. The fourth-order valence-electron chi connectivity index (χ4n) is 3.62. The molecule has 0 aliphatic carbocycles. The van der Waals surface area contributed by atoms with Crippen molar-refractivity contribution in [2.45, 2.75) is 18.6 Å². The van der Waals surface area contributed by atoms with Gasteiger partial charge >= 0.3 is 5.97 Å². The van der Waals surface area contributed by atoms with Crippen molar-refractivity contribution < 1.29 is 23.9 Å². The van der Waals surface area contributed by atoms with E-state index in [1.54, 1.807) is 85.3 Å². The van der Waals surface area contributed by atoms with Crippen LogP contribution in [0.25, 0.3) is 5.69 Å². The van der Waals surface area contributed by atoms with E-state index in [-0.39, 0.29) is 30.7 Å². The number of benzene rings is 3. The summed E-state index contributed by atoms with van der Waals surface area (Å²) in [6.07, 6.45) is 0. The minimum Gasteiger partial charge on any atom is -0.497 e. The van der Waals surface area contributed by atoms with E-state index in [0.29, 0.717) is 44.3 Å². The summed E-state index contributed by atoms with van der Waals surface area (Å²) < 4.78 is 11.8. The van der Waals surface area contributed by atoms with Gasteiger partial charge in [-0.05, 0) is 67.6 Å². The Bertz CT molecular complexity index is 1490. The molecule has 0 bridgehead atoms. The predicted octanol–water partition coefficient (Wildman–Crippen LogP) is 4.77. The molecule has 0 fully saturated rings. The number of anilines is 1. The summed E-state index contributed by atoms with van der Waals surface area (Å²) in [7, 11) is 1.56. The first-order chi connectivity index (χ1) is 19.4. The number of esters is 1. The van der Waals surface area contributed by atoms with Crippen LogP contribution in [0.4, 0.5) is 5.69 Å². The first-order valence-electron chi connectivity index (χ1n) is 12.2. The number of aromatic nitrogens is 3. The van der Waals surface area contributed by atoms with E-state index in [1.165, 1.54) is 11.8 Å².